The van der Waals surface area contributed by atoms with Crippen molar-refractivity contribution in [1.82, 2.24) is 5.06 Å². The van der Waals surface area contributed by atoms with Crippen molar-refractivity contribution in [3.63, 3.8) is 0 Å². The summed E-state index contributed by atoms with van der Waals surface area (Å²) in [5.41, 5.74) is 4.45. The Morgan fingerprint density at radius 1 is 1.10 bits per heavy atom. The Morgan fingerprint density at radius 3 is 2.37 bits per heavy atom. The van der Waals surface area contributed by atoms with Crippen LogP contribution in [0.3, 0.4) is 0 Å². The molecule has 0 spiro atoms. The molecule has 0 saturated heterocycles. The average molecular weight is 478 g/mol. The van der Waals surface area contributed by atoms with E-state index in [1.54, 1.807) is 23.5 Å². The lowest BCUT2D eigenvalue weighted by molar-refractivity contribution is 0.0205. The maximum Gasteiger partial charge on any atom is 0.175 e. The van der Waals surface area contributed by atoms with Crippen LogP contribution in [0.25, 0.3) is 22.3 Å². The number of rotatable bonds is 7. The van der Waals surface area contributed by atoms with E-state index in [1.807, 2.05) is 30.3 Å². The van der Waals surface area contributed by atoms with Crippen LogP contribution >= 0.6 is 35.3 Å². The molecule has 30 heavy (non-hydrogen) atoms. The van der Waals surface area contributed by atoms with Crippen molar-refractivity contribution in [2.24, 2.45) is 0 Å². The molecular weight excluding hydrogens is 455 g/mol. The quantitative estimate of drug-likeness (QED) is 0.265. The molecule has 1 N–H and O–H groups in total. The molecule has 0 fully saturated rings. The van der Waals surface area contributed by atoms with Crippen LogP contribution in [-0.2, 0) is 16.3 Å². The number of hydrogen-bond acceptors (Lipinski definition) is 6. The maximum absolute atomic E-state index is 11.8. The molecule has 8 heteroatoms. The van der Waals surface area contributed by atoms with Gasteiger partial charge in [0.1, 0.15) is 0 Å². The van der Waals surface area contributed by atoms with Crippen LogP contribution in [0.5, 0.6) is 0 Å². The molecule has 0 aliphatic heterocycles. The van der Waals surface area contributed by atoms with Crippen LogP contribution in [0.1, 0.15) is 11.3 Å². The monoisotopic (exact) mass is 477 g/mol. The van der Waals surface area contributed by atoms with Crippen molar-refractivity contribution in [2.75, 3.05) is 19.1 Å². The minimum absolute atomic E-state index is 0.324. The van der Waals surface area contributed by atoms with Gasteiger partial charge in [-0.05, 0) is 41.5 Å². The molecule has 0 aliphatic rings. The molecule has 0 atom stereocenters. The Bertz CT molecular complexity index is 1110. The highest BCUT2D eigenvalue weighted by Gasteiger charge is 2.16. The molecular formula is C22H23NO3S4. The summed E-state index contributed by atoms with van der Waals surface area (Å²) in [5.74, 6) is 0.828. The Morgan fingerprint density at radius 2 is 1.77 bits per heavy atom. The third-order valence-corrected chi connectivity index (χ3v) is 8.36. The Labute approximate surface area is 191 Å². The van der Waals surface area contributed by atoms with Gasteiger partial charge in [0.05, 0.1) is 4.90 Å². The summed E-state index contributed by atoms with van der Waals surface area (Å²) >= 11 is 8.30. The van der Waals surface area contributed by atoms with Crippen LogP contribution in [0.15, 0.2) is 64.9 Å². The molecule has 0 amide bonds. The maximum atomic E-state index is 11.8. The first-order chi connectivity index (χ1) is 14.3. The first-order valence-corrected chi connectivity index (χ1v) is 13.5. The van der Waals surface area contributed by atoms with Crippen molar-refractivity contribution < 1.29 is 13.6 Å². The van der Waals surface area contributed by atoms with E-state index in [4.69, 9.17) is 12.2 Å². The fraction of sp³-hybridized carbons (Fsp3) is 0.227. The van der Waals surface area contributed by atoms with Gasteiger partial charge in [0.25, 0.3) is 0 Å². The van der Waals surface area contributed by atoms with Gasteiger partial charge in [-0.1, -0.05) is 66.4 Å². The van der Waals surface area contributed by atoms with Gasteiger partial charge in [-0.25, -0.2) is 13.5 Å². The van der Waals surface area contributed by atoms with Crippen molar-refractivity contribution in [3.05, 3.63) is 64.9 Å². The SMILES string of the molecule is CN(O)C(=S)SCCCc1scc(-c2ccc(S(C)(=O)=O)cc2)c1-c1ccccc1. The summed E-state index contributed by atoms with van der Waals surface area (Å²) in [5, 5.41) is 12.5. The molecule has 2 aromatic carbocycles. The highest BCUT2D eigenvalue weighted by molar-refractivity contribution is 8.22. The molecule has 4 nitrogen and oxygen atoms in total. The Balaban J connectivity index is 1.88. The fourth-order valence-corrected chi connectivity index (χ4v) is 5.74. The van der Waals surface area contributed by atoms with Crippen LogP contribution in [0, 0.1) is 0 Å². The predicted molar refractivity (Wildman–Crippen MR) is 131 cm³/mol. The van der Waals surface area contributed by atoms with Crippen molar-refractivity contribution >= 4 is 49.5 Å². The van der Waals surface area contributed by atoms with Gasteiger partial charge < -0.3 is 0 Å². The molecule has 1 heterocycles. The molecule has 1 aromatic heterocycles. The first-order valence-electron chi connectivity index (χ1n) is 9.33. The largest absolute Gasteiger partial charge is 0.287 e. The van der Waals surface area contributed by atoms with Crippen LogP contribution in [0.4, 0.5) is 0 Å². The van der Waals surface area contributed by atoms with E-state index >= 15 is 0 Å². The molecule has 0 saturated carbocycles. The summed E-state index contributed by atoms with van der Waals surface area (Å²) < 4.78 is 24.0. The van der Waals surface area contributed by atoms with Gasteiger partial charge >= 0.3 is 0 Å². The molecule has 0 unspecified atom stereocenters. The number of aryl methyl sites for hydroxylation is 1. The summed E-state index contributed by atoms with van der Waals surface area (Å²) in [7, 11) is -1.69. The van der Waals surface area contributed by atoms with E-state index in [0.29, 0.717) is 9.22 Å². The second-order valence-electron chi connectivity index (χ2n) is 6.85. The number of hydroxylamine groups is 2. The van der Waals surface area contributed by atoms with Crippen LogP contribution in [0.2, 0.25) is 0 Å². The minimum atomic E-state index is -3.22. The average Bonchev–Trinajstić information content (AvgIpc) is 3.15. The van der Waals surface area contributed by atoms with Gasteiger partial charge in [0.2, 0.25) is 0 Å². The second kappa shape index (κ2) is 10.1. The zero-order valence-corrected chi connectivity index (χ0v) is 20.0. The minimum Gasteiger partial charge on any atom is -0.287 e. The van der Waals surface area contributed by atoms with E-state index in [1.165, 1.54) is 35.5 Å². The fourth-order valence-electron chi connectivity index (χ4n) is 3.08. The van der Waals surface area contributed by atoms with Crippen molar-refractivity contribution in [2.45, 2.75) is 17.7 Å². The number of sulfone groups is 1. The van der Waals surface area contributed by atoms with Gasteiger partial charge in [-0.3, -0.25) is 5.21 Å². The van der Waals surface area contributed by atoms with Gasteiger partial charge in [-0.2, -0.15) is 0 Å². The molecule has 3 rings (SSSR count). The number of thioether (sulfide) groups is 1. The zero-order valence-electron chi connectivity index (χ0n) is 16.7. The Kier molecular flexibility index (Phi) is 7.70. The number of benzene rings is 2. The summed E-state index contributed by atoms with van der Waals surface area (Å²) in [6.45, 7) is 0. The van der Waals surface area contributed by atoms with E-state index in [9.17, 15) is 13.6 Å². The van der Waals surface area contributed by atoms with Crippen LogP contribution < -0.4 is 0 Å². The standard InChI is InChI=1S/C22H23NO3S4/c1-23(24)22(27)28-14-6-9-20-21(17-7-4-3-5-8-17)19(15-29-20)16-10-12-18(13-11-16)30(2,25)26/h3-5,7-8,10-13,15,24H,6,9,14H2,1-2H3. The lowest BCUT2D eigenvalue weighted by Crippen LogP contribution is -2.17. The summed E-state index contributed by atoms with van der Waals surface area (Å²) in [6, 6.07) is 17.3. The Hall–Kier alpha value is -1.71. The van der Waals surface area contributed by atoms with E-state index in [-0.39, 0.29) is 0 Å². The topological polar surface area (TPSA) is 57.6 Å². The molecule has 0 radical (unpaired) electrons. The van der Waals surface area contributed by atoms with Gasteiger partial charge in [0.15, 0.2) is 14.2 Å². The molecule has 158 valence electrons. The molecule has 0 aliphatic carbocycles. The summed E-state index contributed by atoms with van der Waals surface area (Å²) in [6.07, 6.45) is 3.06. The van der Waals surface area contributed by atoms with Crippen LogP contribution in [-0.4, -0.2) is 42.1 Å². The number of thiocarbonyl (C=S) groups is 1. The third-order valence-electron chi connectivity index (χ3n) is 4.56. The zero-order chi connectivity index (χ0) is 21.7. The normalized spacial score (nSPS) is 11.4. The summed E-state index contributed by atoms with van der Waals surface area (Å²) in [4.78, 5) is 1.61. The van der Waals surface area contributed by atoms with Gasteiger partial charge in [-0.15, -0.1) is 11.3 Å². The third kappa shape index (κ3) is 5.70. The second-order valence-corrected chi connectivity index (χ2v) is 11.6. The highest BCUT2D eigenvalue weighted by atomic mass is 32.2. The van der Waals surface area contributed by atoms with E-state index in [2.05, 4.69) is 17.5 Å². The lowest BCUT2D eigenvalue weighted by atomic mass is 9.96. The molecule has 3 aromatic rings. The predicted octanol–water partition coefficient (Wildman–Crippen LogP) is 5.76. The van der Waals surface area contributed by atoms with Gasteiger partial charge in [0, 0.05) is 35.1 Å². The van der Waals surface area contributed by atoms with E-state index in [0.717, 1.165) is 40.3 Å². The smallest absolute Gasteiger partial charge is 0.175 e. The number of thiophene rings is 1. The number of hydrogen-bond donors (Lipinski definition) is 1. The van der Waals surface area contributed by atoms with Crippen molar-refractivity contribution in [1.29, 1.82) is 0 Å². The molecule has 0 bridgehead atoms. The first kappa shape index (κ1) is 23.0. The van der Waals surface area contributed by atoms with E-state index < -0.39 is 9.84 Å². The number of nitrogens with zero attached hydrogens (tertiary/aromatic N) is 1. The lowest BCUT2D eigenvalue weighted by Gasteiger charge is -2.11. The highest BCUT2D eigenvalue weighted by Crippen LogP contribution is 2.40. The van der Waals surface area contributed by atoms with Crippen molar-refractivity contribution in [3.8, 4) is 22.3 Å².